The number of pyridine rings is 1. The SMILES string of the molecule is CC(CNc1nc(-c2ccncc2)nc2sc3c(c12)CCCC3)Cc1ccc(O)cc1. The Hall–Kier alpha value is -2.99. The van der Waals surface area contributed by atoms with Gasteiger partial charge < -0.3 is 10.4 Å². The zero-order valence-electron chi connectivity index (χ0n) is 17.6. The quantitative estimate of drug-likeness (QED) is 0.415. The summed E-state index contributed by atoms with van der Waals surface area (Å²) < 4.78 is 0. The maximum Gasteiger partial charge on any atom is 0.163 e. The Kier molecular flexibility index (Phi) is 5.55. The van der Waals surface area contributed by atoms with Crippen LogP contribution < -0.4 is 5.32 Å². The van der Waals surface area contributed by atoms with Crippen LogP contribution in [0.2, 0.25) is 0 Å². The summed E-state index contributed by atoms with van der Waals surface area (Å²) in [7, 11) is 0. The molecule has 31 heavy (non-hydrogen) atoms. The van der Waals surface area contributed by atoms with Gasteiger partial charge in [-0.25, -0.2) is 9.97 Å². The van der Waals surface area contributed by atoms with Gasteiger partial charge in [0, 0.05) is 29.4 Å². The largest absolute Gasteiger partial charge is 0.508 e. The third-order valence-corrected chi connectivity index (χ3v) is 7.08. The molecule has 0 radical (unpaired) electrons. The van der Waals surface area contributed by atoms with Crippen molar-refractivity contribution in [3.05, 3.63) is 64.8 Å². The number of fused-ring (bicyclic) bond motifs is 3. The summed E-state index contributed by atoms with van der Waals surface area (Å²) in [5.41, 5.74) is 3.66. The van der Waals surface area contributed by atoms with E-state index < -0.39 is 0 Å². The Labute approximate surface area is 186 Å². The standard InChI is InChI=1S/C25H26N4OS/c1-16(14-17-6-8-19(30)9-7-17)15-27-24-22-20-4-2-3-5-21(20)31-25(22)29-23(28-24)18-10-12-26-13-11-18/h6-13,16,30H,2-5,14-15H2,1H3,(H,27,28,29). The van der Waals surface area contributed by atoms with Crippen LogP contribution in [0, 0.1) is 5.92 Å². The van der Waals surface area contributed by atoms with Crippen LogP contribution in [0.4, 0.5) is 5.82 Å². The van der Waals surface area contributed by atoms with E-state index >= 15 is 0 Å². The molecule has 0 saturated heterocycles. The molecule has 5 nitrogen and oxygen atoms in total. The average Bonchev–Trinajstić information content (AvgIpc) is 3.18. The highest BCUT2D eigenvalue weighted by atomic mass is 32.1. The van der Waals surface area contributed by atoms with Gasteiger partial charge in [-0.15, -0.1) is 11.3 Å². The van der Waals surface area contributed by atoms with Crippen LogP contribution in [0.1, 0.15) is 35.8 Å². The average molecular weight is 431 g/mol. The highest BCUT2D eigenvalue weighted by Gasteiger charge is 2.21. The predicted molar refractivity (Wildman–Crippen MR) is 127 cm³/mol. The highest BCUT2D eigenvalue weighted by molar-refractivity contribution is 7.19. The number of nitrogens with one attached hydrogen (secondary N) is 1. The molecule has 1 aromatic carbocycles. The lowest BCUT2D eigenvalue weighted by atomic mass is 9.96. The minimum absolute atomic E-state index is 0.309. The van der Waals surface area contributed by atoms with Crippen molar-refractivity contribution in [3.8, 4) is 17.1 Å². The smallest absolute Gasteiger partial charge is 0.163 e. The van der Waals surface area contributed by atoms with Crippen molar-refractivity contribution < 1.29 is 5.11 Å². The van der Waals surface area contributed by atoms with Crippen molar-refractivity contribution in [3.63, 3.8) is 0 Å². The van der Waals surface area contributed by atoms with E-state index in [1.165, 1.54) is 34.2 Å². The fraction of sp³-hybridized carbons (Fsp3) is 0.320. The van der Waals surface area contributed by atoms with Gasteiger partial charge >= 0.3 is 0 Å². The third kappa shape index (κ3) is 4.26. The zero-order chi connectivity index (χ0) is 21.2. The van der Waals surface area contributed by atoms with Crippen molar-refractivity contribution in [2.45, 2.75) is 39.0 Å². The van der Waals surface area contributed by atoms with E-state index in [9.17, 15) is 5.11 Å². The highest BCUT2D eigenvalue weighted by Crippen LogP contribution is 2.39. The number of hydrogen-bond acceptors (Lipinski definition) is 6. The maximum absolute atomic E-state index is 9.51. The van der Waals surface area contributed by atoms with Crippen LogP contribution in [0.25, 0.3) is 21.6 Å². The van der Waals surface area contributed by atoms with Gasteiger partial charge in [0.05, 0.1) is 5.39 Å². The van der Waals surface area contributed by atoms with Crippen LogP contribution >= 0.6 is 11.3 Å². The van der Waals surface area contributed by atoms with Gasteiger partial charge in [-0.05, 0) is 73.4 Å². The number of benzene rings is 1. The fourth-order valence-corrected chi connectivity index (χ4v) is 5.55. The molecule has 1 aliphatic carbocycles. The third-order valence-electron chi connectivity index (χ3n) is 5.89. The Morgan fingerprint density at radius 1 is 1.03 bits per heavy atom. The summed E-state index contributed by atoms with van der Waals surface area (Å²) >= 11 is 1.83. The van der Waals surface area contributed by atoms with Gasteiger partial charge in [-0.3, -0.25) is 4.98 Å². The minimum atomic E-state index is 0.309. The number of hydrogen-bond donors (Lipinski definition) is 2. The van der Waals surface area contributed by atoms with E-state index in [1.807, 2.05) is 35.6 Å². The summed E-state index contributed by atoms with van der Waals surface area (Å²) in [4.78, 5) is 16.6. The second-order valence-electron chi connectivity index (χ2n) is 8.38. The maximum atomic E-state index is 9.51. The van der Waals surface area contributed by atoms with Crippen LogP contribution in [-0.4, -0.2) is 26.6 Å². The van der Waals surface area contributed by atoms with Crippen LogP contribution in [0.3, 0.4) is 0 Å². The molecule has 5 rings (SSSR count). The first-order valence-corrected chi connectivity index (χ1v) is 11.7. The number of nitrogens with zero attached hydrogens (tertiary/aromatic N) is 3. The van der Waals surface area contributed by atoms with Crippen LogP contribution in [0.5, 0.6) is 5.75 Å². The van der Waals surface area contributed by atoms with Crippen molar-refractivity contribution >= 4 is 27.4 Å². The second-order valence-corrected chi connectivity index (χ2v) is 9.46. The minimum Gasteiger partial charge on any atom is -0.508 e. The number of aryl methyl sites for hydroxylation is 2. The van der Waals surface area contributed by atoms with Crippen molar-refractivity contribution in [2.75, 3.05) is 11.9 Å². The lowest BCUT2D eigenvalue weighted by Gasteiger charge is -2.16. The summed E-state index contributed by atoms with van der Waals surface area (Å²) in [5, 5.41) is 14.4. The molecule has 3 aromatic heterocycles. The number of aromatic hydroxyl groups is 1. The normalized spacial score (nSPS) is 14.4. The van der Waals surface area contributed by atoms with Gasteiger partial charge in [-0.1, -0.05) is 19.1 Å². The Morgan fingerprint density at radius 2 is 1.81 bits per heavy atom. The van der Waals surface area contributed by atoms with E-state index in [1.54, 1.807) is 24.5 Å². The number of rotatable bonds is 6. The molecular weight excluding hydrogens is 404 g/mol. The van der Waals surface area contributed by atoms with Gasteiger partial charge in [0.15, 0.2) is 5.82 Å². The Balaban J connectivity index is 1.45. The fourth-order valence-electron chi connectivity index (χ4n) is 4.29. The predicted octanol–water partition coefficient (Wildman–Crippen LogP) is 5.63. The summed E-state index contributed by atoms with van der Waals surface area (Å²) in [6, 6.07) is 11.4. The number of phenolic OH excluding ortho intramolecular Hbond substituents is 1. The molecule has 0 amide bonds. The van der Waals surface area contributed by atoms with Crippen molar-refractivity contribution in [1.29, 1.82) is 0 Å². The Bertz CT molecular complexity index is 1190. The summed E-state index contributed by atoms with van der Waals surface area (Å²) in [6.45, 7) is 3.07. The molecular formula is C25H26N4OS. The molecule has 0 fully saturated rings. The molecule has 1 atom stereocenters. The summed E-state index contributed by atoms with van der Waals surface area (Å²) in [5.74, 6) is 2.44. The summed E-state index contributed by atoms with van der Waals surface area (Å²) in [6.07, 6.45) is 9.28. The number of anilines is 1. The lowest BCUT2D eigenvalue weighted by Crippen LogP contribution is -2.15. The molecule has 1 aliphatic rings. The first kappa shape index (κ1) is 19.9. The molecule has 0 saturated carbocycles. The lowest BCUT2D eigenvalue weighted by molar-refractivity contribution is 0.475. The second kappa shape index (κ2) is 8.63. The number of aromatic nitrogens is 3. The van der Waals surface area contributed by atoms with Gasteiger partial charge in [0.1, 0.15) is 16.4 Å². The zero-order valence-corrected chi connectivity index (χ0v) is 18.5. The molecule has 3 heterocycles. The van der Waals surface area contributed by atoms with E-state index in [0.29, 0.717) is 11.7 Å². The number of thiophene rings is 1. The Morgan fingerprint density at radius 3 is 2.61 bits per heavy atom. The van der Waals surface area contributed by atoms with E-state index in [4.69, 9.17) is 9.97 Å². The van der Waals surface area contributed by atoms with Crippen LogP contribution in [-0.2, 0) is 19.3 Å². The molecule has 0 bridgehead atoms. The molecule has 158 valence electrons. The van der Waals surface area contributed by atoms with E-state index in [-0.39, 0.29) is 0 Å². The van der Waals surface area contributed by atoms with Crippen molar-refractivity contribution in [1.82, 2.24) is 15.0 Å². The molecule has 1 unspecified atom stereocenters. The topological polar surface area (TPSA) is 70.9 Å². The van der Waals surface area contributed by atoms with Gasteiger partial charge in [-0.2, -0.15) is 0 Å². The molecule has 6 heteroatoms. The first-order valence-electron chi connectivity index (χ1n) is 10.9. The van der Waals surface area contributed by atoms with E-state index in [0.717, 1.165) is 47.8 Å². The number of phenols is 1. The van der Waals surface area contributed by atoms with Crippen molar-refractivity contribution in [2.24, 2.45) is 5.92 Å². The first-order chi connectivity index (χ1) is 15.2. The molecule has 4 aromatic rings. The molecule has 0 aliphatic heterocycles. The van der Waals surface area contributed by atoms with Crippen LogP contribution in [0.15, 0.2) is 48.8 Å². The molecule has 2 N–H and O–H groups in total. The molecule has 0 spiro atoms. The van der Waals surface area contributed by atoms with E-state index in [2.05, 4.69) is 17.2 Å². The van der Waals surface area contributed by atoms with Gasteiger partial charge in [0.2, 0.25) is 0 Å². The van der Waals surface area contributed by atoms with Gasteiger partial charge in [0.25, 0.3) is 0 Å². The monoisotopic (exact) mass is 430 g/mol.